The molecule has 1 aromatic carbocycles. The number of thioether (sulfide) groups is 1. The highest BCUT2D eigenvalue weighted by atomic mass is 32.2. The third-order valence-electron chi connectivity index (χ3n) is 2.17. The standard InChI is InChI=1S/C12H15NS/c1-4-14-11-7-5-10(6-8-11)12(2,3)9-13/h5-8H,4H2,1-3H3. The molecule has 74 valence electrons. The molecule has 0 aliphatic rings. The van der Waals surface area contributed by atoms with Crippen LogP contribution in [-0.4, -0.2) is 5.75 Å². The summed E-state index contributed by atoms with van der Waals surface area (Å²) in [5, 5.41) is 8.96. The maximum Gasteiger partial charge on any atom is 0.0766 e. The summed E-state index contributed by atoms with van der Waals surface area (Å²) in [4.78, 5) is 1.27. The van der Waals surface area contributed by atoms with E-state index in [1.807, 2.05) is 37.7 Å². The van der Waals surface area contributed by atoms with E-state index >= 15 is 0 Å². The van der Waals surface area contributed by atoms with Crippen molar-refractivity contribution >= 4 is 11.8 Å². The fourth-order valence-electron chi connectivity index (χ4n) is 1.20. The summed E-state index contributed by atoms with van der Waals surface area (Å²) < 4.78 is 0. The van der Waals surface area contributed by atoms with Crippen LogP contribution in [0, 0.1) is 11.3 Å². The monoisotopic (exact) mass is 205 g/mol. The van der Waals surface area contributed by atoms with Gasteiger partial charge in [0.25, 0.3) is 0 Å². The van der Waals surface area contributed by atoms with Crippen molar-refractivity contribution in [3.63, 3.8) is 0 Å². The summed E-state index contributed by atoms with van der Waals surface area (Å²) in [6.45, 7) is 6.02. The molecule has 0 aliphatic heterocycles. The molecule has 0 heterocycles. The molecule has 2 heteroatoms. The molecule has 0 atom stereocenters. The van der Waals surface area contributed by atoms with Gasteiger partial charge in [-0.1, -0.05) is 19.1 Å². The van der Waals surface area contributed by atoms with Gasteiger partial charge in [-0.25, -0.2) is 0 Å². The lowest BCUT2D eigenvalue weighted by Crippen LogP contribution is -2.13. The molecule has 1 rings (SSSR count). The van der Waals surface area contributed by atoms with Crippen LogP contribution < -0.4 is 0 Å². The molecule has 0 amide bonds. The van der Waals surface area contributed by atoms with Gasteiger partial charge in [-0.05, 0) is 37.3 Å². The maximum absolute atomic E-state index is 8.96. The Morgan fingerprint density at radius 3 is 2.29 bits per heavy atom. The molecule has 0 saturated carbocycles. The summed E-state index contributed by atoms with van der Waals surface area (Å²) in [6, 6.07) is 10.6. The first-order chi connectivity index (χ1) is 6.60. The Bertz CT molecular complexity index is 332. The van der Waals surface area contributed by atoms with Crippen LogP contribution in [0.1, 0.15) is 26.3 Å². The van der Waals surface area contributed by atoms with E-state index < -0.39 is 0 Å². The second-order valence-corrected chi connectivity index (χ2v) is 5.03. The summed E-state index contributed by atoms with van der Waals surface area (Å²) in [7, 11) is 0. The predicted octanol–water partition coefficient (Wildman–Crippen LogP) is 3.60. The van der Waals surface area contributed by atoms with Crippen molar-refractivity contribution in [3.05, 3.63) is 29.8 Å². The molecule has 0 spiro atoms. The van der Waals surface area contributed by atoms with E-state index in [1.165, 1.54) is 4.90 Å². The van der Waals surface area contributed by atoms with Crippen LogP contribution in [0.25, 0.3) is 0 Å². The third kappa shape index (κ3) is 2.52. The number of hydrogen-bond acceptors (Lipinski definition) is 2. The van der Waals surface area contributed by atoms with E-state index in [1.54, 1.807) is 0 Å². The van der Waals surface area contributed by atoms with Gasteiger partial charge < -0.3 is 0 Å². The van der Waals surface area contributed by atoms with E-state index in [2.05, 4.69) is 25.1 Å². The molecular formula is C12H15NS. The molecule has 0 aromatic heterocycles. The van der Waals surface area contributed by atoms with Gasteiger partial charge in [-0.15, -0.1) is 11.8 Å². The van der Waals surface area contributed by atoms with Crippen LogP contribution in [0.4, 0.5) is 0 Å². The Kier molecular flexibility index (Phi) is 3.60. The second-order valence-electron chi connectivity index (χ2n) is 3.69. The zero-order chi connectivity index (χ0) is 10.6. The molecule has 14 heavy (non-hydrogen) atoms. The quantitative estimate of drug-likeness (QED) is 0.704. The van der Waals surface area contributed by atoms with E-state index in [0.29, 0.717) is 0 Å². The van der Waals surface area contributed by atoms with Gasteiger partial charge >= 0.3 is 0 Å². The lowest BCUT2D eigenvalue weighted by Gasteiger charge is -2.15. The van der Waals surface area contributed by atoms with Crippen molar-refractivity contribution in [1.82, 2.24) is 0 Å². The Hall–Kier alpha value is -0.940. The number of nitrogens with zero attached hydrogens (tertiary/aromatic N) is 1. The first-order valence-electron chi connectivity index (χ1n) is 4.74. The van der Waals surface area contributed by atoms with Gasteiger partial charge in [0.15, 0.2) is 0 Å². The minimum Gasteiger partial charge on any atom is -0.197 e. The summed E-state index contributed by atoms with van der Waals surface area (Å²) >= 11 is 1.82. The lowest BCUT2D eigenvalue weighted by molar-refractivity contribution is 0.686. The van der Waals surface area contributed by atoms with Gasteiger partial charge in [-0.3, -0.25) is 0 Å². The first-order valence-corrected chi connectivity index (χ1v) is 5.73. The van der Waals surface area contributed by atoms with Crippen LogP contribution in [0.2, 0.25) is 0 Å². The van der Waals surface area contributed by atoms with E-state index in [0.717, 1.165) is 11.3 Å². The van der Waals surface area contributed by atoms with Crippen molar-refractivity contribution in [2.45, 2.75) is 31.1 Å². The molecule has 0 radical (unpaired) electrons. The van der Waals surface area contributed by atoms with Gasteiger partial charge in [0, 0.05) is 4.90 Å². The van der Waals surface area contributed by atoms with Crippen LogP contribution in [0.5, 0.6) is 0 Å². The lowest BCUT2D eigenvalue weighted by atomic mass is 9.87. The average Bonchev–Trinajstić information content (AvgIpc) is 2.19. The zero-order valence-corrected chi connectivity index (χ0v) is 9.69. The third-order valence-corrected chi connectivity index (χ3v) is 3.06. The minimum absolute atomic E-state index is 0.380. The molecular weight excluding hydrogens is 190 g/mol. The molecule has 0 unspecified atom stereocenters. The van der Waals surface area contributed by atoms with Crippen molar-refractivity contribution in [1.29, 1.82) is 5.26 Å². The van der Waals surface area contributed by atoms with Crippen LogP contribution in [-0.2, 0) is 5.41 Å². The SMILES string of the molecule is CCSc1ccc(C(C)(C)C#N)cc1. The molecule has 1 aromatic rings. The Labute approximate surface area is 90.1 Å². The Balaban J connectivity index is 2.90. The molecule has 0 aliphatic carbocycles. The number of benzene rings is 1. The van der Waals surface area contributed by atoms with Crippen LogP contribution >= 0.6 is 11.8 Å². The highest BCUT2D eigenvalue weighted by Gasteiger charge is 2.18. The predicted molar refractivity (Wildman–Crippen MR) is 61.5 cm³/mol. The fourth-order valence-corrected chi connectivity index (χ4v) is 1.86. The molecule has 0 N–H and O–H groups in total. The van der Waals surface area contributed by atoms with E-state index in [9.17, 15) is 0 Å². The molecule has 0 saturated heterocycles. The van der Waals surface area contributed by atoms with Crippen LogP contribution in [0.15, 0.2) is 29.2 Å². The smallest absolute Gasteiger partial charge is 0.0766 e. The highest BCUT2D eigenvalue weighted by molar-refractivity contribution is 7.99. The van der Waals surface area contributed by atoms with E-state index in [-0.39, 0.29) is 5.41 Å². The van der Waals surface area contributed by atoms with Gasteiger partial charge in [0.1, 0.15) is 0 Å². The number of nitriles is 1. The Morgan fingerprint density at radius 2 is 1.86 bits per heavy atom. The minimum atomic E-state index is -0.380. The summed E-state index contributed by atoms with van der Waals surface area (Å²) in [5.41, 5.74) is 0.704. The summed E-state index contributed by atoms with van der Waals surface area (Å²) in [6.07, 6.45) is 0. The van der Waals surface area contributed by atoms with Gasteiger partial charge in [0.05, 0.1) is 11.5 Å². The van der Waals surface area contributed by atoms with E-state index in [4.69, 9.17) is 5.26 Å². The topological polar surface area (TPSA) is 23.8 Å². The molecule has 0 bridgehead atoms. The normalized spacial score (nSPS) is 11.0. The number of hydrogen-bond donors (Lipinski definition) is 0. The maximum atomic E-state index is 8.96. The summed E-state index contributed by atoms with van der Waals surface area (Å²) in [5.74, 6) is 1.08. The van der Waals surface area contributed by atoms with Crippen molar-refractivity contribution < 1.29 is 0 Å². The van der Waals surface area contributed by atoms with Crippen LogP contribution in [0.3, 0.4) is 0 Å². The Morgan fingerprint density at radius 1 is 1.29 bits per heavy atom. The highest BCUT2D eigenvalue weighted by Crippen LogP contribution is 2.25. The fraction of sp³-hybridized carbons (Fsp3) is 0.417. The first kappa shape index (κ1) is 11.1. The van der Waals surface area contributed by atoms with Crippen molar-refractivity contribution in [2.75, 3.05) is 5.75 Å². The molecule has 1 nitrogen and oxygen atoms in total. The largest absolute Gasteiger partial charge is 0.197 e. The average molecular weight is 205 g/mol. The second kappa shape index (κ2) is 4.52. The van der Waals surface area contributed by atoms with Crippen molar-refractivity contribution in [2.24, 2.45) is 0 Å². The van der Waals surface area contributed by atoms with Crippen molar-refractivity contribution in [3.8, 4) is 6.07 Å². The van der Waals surface area contributed by atoms with Gasteiger partial charge in [-0.2, -0.15) is 5.26 Å². The number of rotatable bonds is 3. The molecule has 0 fully saturated rings. The zero-order valence-electron chi connectivity index (χ0n) is 8.87. The van der Waals surface area contributed by atoms with Gasteiger partial charge in [0.2, 0.25) is 0 Å².